The lowest BCUT2D eigenvalue weighted by atomic mass is 9.95. The van der Waals surface area contributed by atoms with Crippen molar-refractivity contribution in [2.24, 2.45) is 5.92 Å². The fourth-order valence-electron chi connectivity index (χ4n) is 5.16. The Morgan fingerprint density at radius 2 is 1.43 bits per heavy atom. The van der Waals surface area contributed by atoms with Crippen molar-refractivity contribution in [2.45, 2.75) is 25.3 Å². The standard InChI is InChI=1S/C25H26N2O3/c28-24(26-13-10-20(11-14-26)27-12-9-19(16-27)25(29)30)23-21-7-3-1-5-17(21)15-18-6-2-4-8-22(18)23/h1-8,15,19-20H,9-14,16H2,(H,29,30). The summed E-state index contributed by atoms with van der Waals surface area (Å²) in [4.78, 5) is 29.2. The average molecular weight is 402 g/mol. The molecule has 1 N–H and O–H groups in total. The molecular formula is C25H26N2O3. The summed E-state index contributed by atoms with van der Waals surface area (Å²) in [6, 6.07) is 18.7. The van der Waals surface area contributed by atoms with Gasteiger partial charge in [-0.1, -0.05) is 48.5 Å². The minimum atomic E-state index is -0.687. The van der Waals surface area contributed by atoms with Crippen LogP contribution in [-0.2, 0) is 4.79 Å². The summed E-state index contributed by atoms with van der Waals surface area (Å²) in [5.74, 6) is -0.828. The third-order valence-corrected chi connectivity index (χ3v) is 6.82. The van der Waals surface area contributed by atoms with Gasteiger partial charge in [0.1, 0.15) is 0 Å². The van der Waals surface area contributed by atoms with Crippen LogP contribution in [0.4, 0.5) is 0 Å². The van der Waals surface area contributed by atoms with Gasteiger partial charge in [-0.3, -0.25) is 14.5 Å². The number of benzene rings is 3. The second-order valence-electron chi connectivity index (χ2n) is 8.54. The fourth-order valence-corrected chi connectivity index (χ4v) is 5.16. The Hall–Kier alpha value is -2.92. The number of fused-ring (bicyclic) bond motifs is 2. The number of likely N-dealkylation sites (tertiary alicyclic amines) is 2. The van der Waals surface area contributed by atoms with E-state index in [1.807, 2.05) is 41.3 Å². The van der Waals surface area contributed by atoms with Crippen LogP contribution in [0.5, 0.6) is 0 Å². The Labute approximate surface area is 175 Å². The Kier molecular flexibility index (Phi) is 4.91. The highest BCUT2D eigenvalue weighted by Gasteiger charge is 2.34. The normalized spacial score (nSPS) is 20.8. The summed E-state index contributed by atoms with van der Waals surface area (Å²) in [6.07, 6.45) is 2.54. The second kappa shape index (κ2) is 7.73. The van der Waals surface area contributed by atoms with E-state index in [1.54, 1.807) is 0 Å². The van der Waals surface area contributed by atoms with Crippen molar-refractivity contribution in [3.05, 3.63) is 60.2 Å². The smallest absolute Gasteiger partial charge is 0.307 e. The van der Waals surface area contributed by atoms with Crippen molar-refractivity contribution in [3.63, 3.8) is 0 Å². The molecule has 3 aromatic carbocycles. The predicted molar refractivity (Wildman–Crippen MR) is 118 cm³/mol. The molecule has 0 saturated carbocycles. The molecule has 5 heteroatoms. The van der Waals surface area contributed by atoms with Crippen molar-refractivity contribution in [3.8, 4) is 0 Å². The molecule has 0 spiro atoms. The van der Waals surface area contributed by atoms with E-state index in [-0.39, 0.29) is 11.8 Å². The minimum Gasteiger partial charge on any atom is -0.481 e. The summed E-state index contributed by atoms with van der Waals surface area (Å²) in [5, 5.41) is 13.5. The highest BCUT2D eigenvalue weighted by Crippen LogP contribution is 2.31. The molecule has 1 amide bonds. The van der Waals surface area contributed by atoms with E-state index in [2.05, 4.69) is 23.1 Å². The monoisotopic (exact) mass is 402 g/mol. The lowest BCUT2D eigenvalue weighted by molar-refractivity contribution is -0.141. The van der Waals surface area contributed by atoms with Crippen LogP contribution < -0.4 is 0 Å². The number of piperidine rings is 1. The van der Waals surface area contributed by atoms with Crippen molar-refractivity contribution < 1.29 is 14.7 Å². The summed E-state index contributed by atoms with van der Waals surface area (Å²) in [6.45, 7) is 2.93. The van der Waals surface area contributed by atoms with Crippen LogP contribution in [0.3, 0.4) is 0 Å². The Bertz CT molecular complexity index is 1060. The molecule has 0 aromatic heterocycles. The number of amides is 1. The fraction of sp³-hybridized carbons (Fsp3) is 0.360. The molecule has 0 bridgehead atoms. The van der Waals surface area contributed by atoms with Gasteiger partial charge in [-0.05, 0) is 53.4 Å². The van der Waals surface area contributed by atoms with E-state index in [0.29, 0.717) is 12.6 Å². The largest absolute Gasteiger partial charge is 0.481 e. The maximum Gasteiger partial charge on any atom is 0.307 e. The Morgan fingerprint density at radius 3 is 2.00 bits per heavy atom. The van der Waals surface area contributed by atoms with Gasteiger partial charge in [-0.15, -0.1) is 0 Å². The molecule has 2 aliphatic rings. The van der Waals surface area contributed by atoms with Gasteiger partial charge in [0.2, 0.25) is 0 Å². The van der Waals surface area contributed by atoms with Crippen LogP contribution in [0.15, 0.2) is 54.6 Å². The van der Waals surface area contributed by atoms with Crippen molar-refractivity contribution >= 4 is 33.4 Å². The van der Waals surface area contributed by atoms with E-state index in [1.165, 1.54) is 0 Å². The molecule has 0 aliphatic carbocycles. The van der Waals surface area contributed by atoms with Crippen molar-refractivity contribution in [1.29, 1.82) is 0 Å². The third kappa shape index (κ3) is 3.33. The van der Waals surface area contributed by atoms with Gasteiger partial charge in [0.25, 0.3) is 5.91 Å². The van der Waals surface area contributed by atoms with E-state index in [4.69, 9.17) is 0 Å². The summed E-state index contributed by atoms with van der Waals surface area (Å²) < 4.78 is 0. The van der Waals surface area contributed by atoms with Gasteiger partial charge >= 0.3 is 5.97 Å². The molecule has 2 fully saturated rings. The van der Waals surface area contributed by atoms with Crippen LogP contribution in [0, 0.1) is 5.92 Å². The molecule has 1 atom stereocenters. The van der Waals surface area contributed by atoms with E-state index in [0.717, 1.165) is 66.0 Å². The molecule has 5 rings (SSSR count). The highest BCUT2D eigenvalue weighted by molar-refractivity contribution is 6.18. The number of carboxylic acid groups (broad SMARTS) is 1. The van der Waals surface area contributed by atoms with E-state index in [9.17, 15) is 14.7 Å². The predicted octanol–water partition coefficient (Wildman–Crippen LogP) is 4.00. The second-order valence-corrected chi connectivity index (χ2v) is 8.54. The van der Waals surface area contributed by atoms with Crippen LogP contribution in [-0.4, -0.2) is 59.0 Å². The lowest BCUT2D eigenvalue weighted by Gasteiger charge is -2.37. The SMILES string of the molecule is O=C(O)C1CCN(C2CCN(C(=O)c3c4ccccc4cc4ccccc34)CC2)C1. The molecule has 1 unspecified atom stereocenters. The molecular weight excluding hydrogens is 376 g/mol. The highest BCUT2D eigenvalue weighted by atomic mass is 16.4. The van der Waals surface area contributed by atoms with Gasteiger partial charge in [0, 0.05) is 25.7 Å². The number of hydrogen-bond acceptors (Lipinski definition) is 3. The van der Waals surface area contributed by atoms with E-state index >= 15 is 0 Å². The third-order valence-electron chi connectivity index (χ3n) is 6.82. The number of rotatable bonds is 3. The first-order chi connectivity index (χ1) is 14.6. The molecule has 2 saturated heterocycles. The van der Waals surface area contributed by atoms with Gasteiger partial charge in [-0.25, -0.2) is 0 Å². The first kappa shape index (κ1) is 19.1. The number of carboxylic acids is 1. The number of carbonyl (C=O) groups is 2. The zero-order valence-corrected chi connectivity index (χ0v) is 17.0. The van der Waals surface area contributed by atoms with Gasteiger partial charge in [-0.2, -0.15) is 0 Å². The molecule has 2 heterocycles. The molecule has 0 radical (unpaired) electrons. The zero-order valence-electron chi connectivity index (χ0n) is 17.0. The van der Waals surface area contributed by atoms with Gasteiger partial charge in [0.05, 0.1) is 11.5 Å². The Balaban J connectivity index is 1.38. The van der Waals surface area contributed by atoms with Crippen LogP contribution >= 0.6 is 0 Å². The summed E-state index contributed by atoms with van der Waals surface area (Å²) in [5.41, 5.74) is 0.800. The van der Waals surface area contributed by atoms with Gasteiger partial charge < -0.3 is 10.0 Å². The maximum absolute atomic E-state index is 13.6. The maximum atomic E-state index is 13.6. The van der Waals surface area contributed by atoms with E-state index < -0.39 is 5.97 Å². The average Bonchev–Trinajstić information content (AvgIpc) is 3.28. The van der Waals surface area contributed by atoms with Gasteiger partial charge in [0.15, 0.2) is 0 Å². The number of carbonyl (C=O) groups excluding carboxylic acids is 1. The topological polar surface area (TPSA) is 60.9 Å². The molecule has 154 valence electrons. The number of aliphatic carboxylic acids is 1. The van der Waals surface area contributed by atoms with Crippen molar-refractivity contribution in [2.75, 3.05) is 26.2 Å². The molecule has 2 aliphatic heterocycles. The summed E-state index contributed by atoms with van der Waals surface area (Å²) in [7, 11) is 0. The first-order valence-corrected chi connectivity index (χ1v) is 10.8. The lowest BCUT2D eigenvalue weighted by Crippen LogP contribution is -2.46. The van der Waals surface area contributed by atoms with Crippen LogP contribution in [0.25, 0.3) is 21.5 Å². The number of nitrogens with zero attached hydrogens (tertiary/aromatic N) is 2. The van der Waals surface area contributed by atoms with Crippen LogP contribution in [0.2, 0.25) is 0 Å². The number of hydrogen-bond donors (Lipinski definition) is 1. The Morgan fingerprint density at radius 1 is 0.833 bits per heavy atom. The minimum absolute atomic E-state index is 0.103. The quantitative estimate of drug-likeness (QED) is 0.673. The molecule has 30 heavy (non-hydrogen) atoms. The molecule has 3 aromatic rings. The zero-order chi connectivity index (χ0) is 20.7. The van der Waals surface area contributed by atoms with Crippen LogP contribution in [0.1, 0.15) is 29.6 Å². The summed E-state index contributed by atoms with van der Waals surface area (Å²) >= 11 is 0. The first-order valence-electron chi connectivity index (χ1n) is 10.8. The van der Waals surface area contributed by atoms with Crippen molar-refractivity contribution in [1.82, 2.24) is 9.80 Å². The molecule has 5 nitrogen and oxygen atoms in total.